The summed E-state index contributed by atoms with van der Waals surface area (Å²) >= 11 is 1.62. The summed E-state index contributed by atoms with van der Waals surface area (Å²) in [6.45, 7) is 0. The highest BCUT2D eigenvalue weighted by Crippen LogP contribution is 2.24. The standard InChI is InChI=1S/C14H13N3OS/c15-14-6-9(1-3-16-14)5-12(18)10-7-13-11(17-8-10)2-4-19-13/h1-4,6-8,12,18H,5H2,(H2,15,16). The van der Waals surface area contributed by atoms with E-state index in [4.69, 9.17) is 5.73 Å². The third kappa shape index (κ3) is 2.57. The van der Waals surface area contributed by atoms with Gasteiger partial charge in [-0.1, -0.05) is 0 Å². The van der Waals surface area contributed by atoms with Crippen molar-refractivity contribution in [2.75, 3.05) is 5.73 Å². The lowest BCUT2D eigenvalue weighted by Gasteiger charge is -2.11. The lowest BCUT2D eigenvalue weighted by molar-refractivity contribution is 0.178. The van der Waals surface area contributed by atoms with Gasteiger partial charge in [0.15, 0.2) is 0 Å². The topological polar surface area (TPSA) is 72.0 Å². The number of thiophene rings is 1. The maximum absolute atomic E-state index is 10.3. The number of rotatable bonds is 3. The smallest absolute Gasteiger partial charge is 0.123 e. The van der Waals surface area contributed by atoms with Gasteiger partial charge in [0.1, 0.15) is 5.82 Å². The van der Waals surface area contributed by atoms with Crippen molar-refractivity contribution in [2.45, 2.75) is 12.5 Å². The molecule has 0 spiro atoms. The molecule has 19 heavy (non-hydrogen) atoms. The number of anilines is 1. The highest BCUT2D eigenvalue weighted by molar-refractivity contribution is 7.17. The van der Waals surface area contributed by atoms with Crippen LogP contribution >= 0.6 is 11.3 Å². The molecule has 0 aliphatic rings. The Hall–Kier alpha value is -1.98. The van der Waals surface area contributed by atoms with Crippen LogP contribution in [0.2, 0.25) is 0 Å². The molecule has 0 bridgehead atoms. The van der Waals surface area contributed by atoms with E-state index >= 15 is 0 Å². The van der Waals surface area contributed by atoms with Crippen molar-refractivity contribution in [3.05, 3.63) is 53.2 Å². The van der Waals surface area contributed by atoms with Gasteiger partial charge in [-0.25, -0.2) is 4.98 Å². The maximum Gasteiger partial charge on any atom is 0.123 e. The number of hydrogen-bond donors (Lipinski definition) is 2. The predicted octanol–water partition coefficient (Wildman–Crippen LogP) is 2.55. The first-order valence-corrected chi connectivity index (χ1v) is 6.82. The largest absolute Gasteiger partial charge is 0.388 e. The van der Waals surface area contributed by atoms with Gasteiger partial charge in [0.25, 0.3) is 0 Å². The van der Waals surface area contributed by atoms with Gasteiger partial charge in [-0.3, -0.25) is 4.98 Å². The van der Waals surface area contributed by atoms with Gasteiger partial charge >= 0.3 is 0 Å². The summed E-state index contributed by atoms with van der Waals surface area (Å²) in [6, 6.07) is 7.60. The highest BCUT2D eigenvalue weighted by atomic mass is 32.1. The average Bonchev–Trinajstić information content (AvgIpc) is 2.85. The number of nitrogens with two attached hydrogens (primary N) is 1. The van der Waals surface area contributed by atoms with Gasteiger partial charge in [0, 0.05) is 24.4 Å². The quantitative estimate of drug-likeness (QED) is 0.768. The van der Waals surface area contributed by atoms with Crippen LogP contribution in [0.4, 0.5) is 5.82 Å². The molecule has 0 saturated carbocycles. The first kappa shape index (κ1) is 12.1. The monoisotopic (exact) mass is 271 g/mol. The van der Waals surface area contributed by atoms with E-state index in [1.807, 2.05) is 23.6 Å². The van der Waals surface area contributed by atoms with Crippen molar-refractivity contribution in [1.82, 2.24) is 9.97 Å². The number of nitrogen functional groups attached to an aromatic ring is 1. The fraction of sp³-hybridized carbons (Fsp3) is 0.143. The minimum atomic E-state index is -0.583. The van der Waals surface area contributed by atoms with Gasteiger partial charge in [-0.05, 0) is 35.2 Å². The fourth-order valence-corrected chi connectivity index (χ4v) is 2.80. The molecule has 1 unspecified atom stereocenters. The van der Waals surface area contributed by atoms with Crippen LogP contribution in [0, 0.1) is 0 Å². The van der Waals surface area contributed by atoms with Crippen LogP contribution in [-0.4, -0.2) is 15.1 Å². The average molecular weight is 271 g/mol. The molecule has 3 aromatic heterocycles. The van der Waals surface area contributed by atoms with Crippen LogP contribution < -0.4 is 5.73 Å². The molecule has 1 atom stereocenters. The Morgan fingerprint density at radius 3 is 3.00 bits per heavy atom. The molecule has 0 aromatic carbocycles. The summed E-state index contributed by atoms with van der Waals surface area (Å²) in [5.41, 5.74) is 8.39. The van der Waals surface area contributed by atoms with Crippen LogP contribution in [0.15, 0.2) is 42.0 Å². The molecule has 3 heterocycles. The summed E-state index contributed by atoms with van der Waals surface area (Å²) in [7, 11) is 0. The lowest BCUT2D eigenvalue weighted by atomic mass is 10.0. The Labute approximate surface area is 114 Å². The zero-order valence-electron chi connectivity index (χ0n) is 10.2. The van der Waals surface area contributed by atoms with Crippen molar-refractivity contribution in [3.63, 3.8) is 0 Å². The molecule has 3 rings (SSSR count). The van der Waals surface area contributed by atoms with Gasteiger partial charge in [-0.15, -0.1) is 11.3 Å². The first-order chi connectivity index (χ1) is 9.22. The van der Waals surface area contributed by atoms with E-state index in [1.165, 1.54) is 0 Å². The summed E-state index contributed by atoms with van der Waals surface area (Å²) in [4.78, 5) is 8.27. The minimum Gasteiger partial charge on any atom is -0.388 e. The van der Waals surface area contributed by atoms with Crippen LogP contribution in [0.3, 0.4) is 0 Å². The van der Waals surface area contributed by atoms with Gasteiger partial charge in [0.2, 0.25) is 0 Å². The molecule has 5 heteroatoms. The van der Waals surface area contributed by atoms with E-state index in [1.54, 1.807) is 29.8 Å². The van der Waals surface area contributed by atoms with Crippen molar-refractivity contribution < 1.29 is 5.11 Å². The van der Waals surface area contributed by atoms with Crippen molar-refractivity contribution >= 4 is 27.4 Å². The van der Waals surface area contributed by atoms with Crippen LogP contribution in [0.25, 0.3) is 10.2 Å². The highest BCUT2D eigenvalue weighted by Gasteiger charge is 2.10. The van der Waals surface area contributed by atoms with E-state index in [0.29, 0.717) is 12.2 Å². The van der Waals surface area contributed by atoms with Crippen molar-refractivity contribution in [3.8, 4) is 0 Å². The number of hydrogen-bond acceptors (Lipinski definition) is 5. The maximum atomic E-state index is 10.3. The van der Waals surface area contributed by atoms with Crippen molar-refractivity contribution in [1.29, 1.82) is 0 Å². The summed E-state index contributed by atoms with van der Waals surface area (Å²) < 4.78 is 1.09. The number of aromatic nitrogens is 2. The fourth-order valence-electron chi connectivity index (χ4n) is 2.01. The van der Waals surface area contributed by atoms with E-state index in [0.717, 1.165) is 21.3 Å². The molecule has 0 saturated heterocycles. The molecule has 0 aliphatic carbocycles. The minimum absolute atomic E-state index is 0.469. The number of aliphatic hydroxyl groups excluding tert-OH is 1. The number of nitrogens with zero attached hydrogens (tertiary/aromatic N) is 2. The van der Waals surface area contributed by atoms with Crippen LogP contribution in [-0.2, 0) is 6.42 Å². The number of fused-ring (bicyclic) bond motifs is 1. The Morgan fingerprint density at radius 1 is 1.26 bits per heavy atom. The normalized spacial score (nSPS) is 12.7. The molecule has 4 nitrogen and oxygen atoms in total. The Kier molecular flexibility index (Phi) is 3.15. The second-order valence-corrected chi connectivity index (χ2v) is 5.33. The first-order valence-electron chi connectivity index (χ1n) is 5.94. The number of aliphatic hydroxyl groups is 1. The summed E-state index contributed by atoms with van der Waals surface area (Å²) in [5.74, 6) is 0.469. The third-order valence-electron chi connectivity index (χ3n) is 2.98. The molecule has 3 N–H and O–H groups in total. The second kappa shape index (κ2) is 4.95. The SMILES string of the molecule is Nc1cc(CC(O)c2cnc3ccsc3c2)ccn1. The Balaban J connectivity index is 1.84. The van der Waals surface area contributed by atoms with Gasteiger partial charge in [0.05, 0.1) is 16.3 Å². The molecular formula is C14H13N3OS. The predicted molar refractivity (Wildman–Crippen MR) is 76.9 cm³/mol. The zero-order valence-corrected chi connectivity index (χ0v) is 11.0. The summed E-state index contributed by atoms with van der Waals surface area (Å²) in [5, 5.41) is 12.3. The molecule has 0 radical (unpaired) electrons. The molecular weight excluding hydrogens is 258 g/mol. The molecule has 0 fully saturated rings. The lowest BCUT2D eigenvalue weighted by Crippen LogP contribution is -2.03. The van der Waals surface area contributed by atoms with E-state index in [2.05, 4.69) is 9.97 Å². The summed E-state index contributed by atoms with van der Waals surface area (Å²) in [6.07, 6.45) is 3.30. The van der Waals surface area contributed by atoms with E-state index in [-0.39, 0.29) is 0 Å². The molecule has 0 amide bonds. The van der Waals surface area contributed by atoms with E-state index < -0.39 is 6.10 Å². The van der Waals surface area contributed by atoms with Gasteiger partial charge in [-0.2, -0.15) is 0 Å². The second-order valence-electron chi connectivity index (χ2n) is 4.38. The van der Waals surface area contributed by atoms with Crippen LogP contribution in [0.1, 0.15) is 17.2 Å². The Bertz CT molecular complexity index is 710. The van der Waals surface area contributed by atoms with E-state index in [9.17, 15) is 5.11 Å². The number of pyridine rings is 2. The Morgan fingerprint density at radius 2 is 2.16 bits per heavy atom. The molecule has 96 valence electrons. The van der Waals surface area contributed by atoms with Crippen LogP contribution in [0.5, 0.6) is 0 Å². The molecule has 0 aliphatic heterocycles. The molecule has 3 aromatic rings. The third-order valence-corrected chi connectivity index (χ3v) is 3.84. The van der Waals surface area contributed by atoms with Crippen molar-refractivity contribution in [2.24, 2.45) is 0 Å². The van der Waals surface area contributed by atoms with Gasteiger partial charge < -0.3 is 10.8 Å². The zero-order chi connectivity index (χ0) is 13.2.